The normalized spacial score (nSPS) is 10.1. The number of carbonyl (C=O) groups is 2. The Hall–Kier alpha value is -2.08. The van der Waals surface area contributed by atoms with Crippen LogP contribution in [0, 0.1) is 0 Å². The number of carbonyl (C=O) groups excluding carboxylic acids is 1. The molecule has 0 bridgehead atoms. The zero-order chi connectivity index (χ0) is 13.5. The van der Waals surface area contributed by atoms with Crippen LogP contribution in [-0.2, 0) is 4.79 Å². The van der Waals surface area contributed by atoms with Crippen LogP contribution in [0.15, 0.2) is 18.2 Å². The molecule has 0 heterocycles. The monoisotopic (exact) mass is 252 g/mol. The minimum absolute atomic E-state index is 0.0123. The van der Waals surface area contributed by atoms with Gasteiger partial charge in [0.25, 0.3) is 0 Å². The van der Waals surface area contributed by atoms with Crippen molar-refractivity contribution in [3.63, 3.8) is 0 Å². The lowest BCUT2D eigenvalue weighted by atomic mass is 10.2. The van der Waals surface area contributed by atoms with E-state index in [0.717, 1.165) is 0 Å². The molecule has 0 spiro atoms. The van der Waals surface area contributed by atoms with E-state index in [9.17, 15) is 14.7 Å². The summed E-state index contributed by atoms with van der Waals surface area (Å²) in [6.45, 7) is 0.717. The van der Waals surface area contributed by atoms with Crippen molar-refractivity contribution in [2.45, 2.75) is 12.8 Å². The first-order valence-corrected chi connectivity index (χ1v) is 5.55. The Morgan fingerprint density at radius 2 is 2.06 bits per heavy atom. The number of phenols is 1. The molecule has 1 aromatic carbocycles. The molecule has 6 nitrogen and oxygen atoms in total. The third-order valence-corrected chi connectivity index (χ3v) is 2.35. The fourth-order valence-electron chi connectivity index (χ4n) is 1.41. The van der Waals surface area contributed by atoms with Crippen molar-refractivity contribution in [3.05, 3.63) is 23.8 Å². The van der Waals surface area contributed by atoms with Gasteiger partial charge in [-0.2, -0.15) is 0 Å². The largest absolute Gasteiger partial charge is 0.506 e. The highest BCUT2D eigenvalue weighted by Crippen LogP contribution is 2.24. The summed E-state index contributed by atoms with van der Waals surface area (Å²) in [4.78, 5) is 22.3. The van der Waals surface area contributed by atoms with E-state index >= 15 is 0 Å². The number of benzene rings is 1. The average Bonchev–Trinajstić information content (AvgIpc) is 2.32. The molecule has 0 saturated carbocycles. The molecule has 4 N–H and O–H groups in total. The molecule has 0 atom stereocenters. The molecule has 0 saturated heterocycles. The molecule has 0 aliphatic heterocycles. The van der Waals surface area contributed by atoms with Crippen LogP contribution in [0.4, 0.5) is 5.69 Å². The first kappa shape index (κ1) is 14.0. The molecule has 0 unspecified atom stereocenters. The van der Waals surface area contributed by atoms with E-state index in [0.29, 0.717) is 19.4 Å². The minimum atomic E-state index is -1.11. The summed E-state index contributed by atoms with van der Waals surface area (Å²) in [5, 5.41) is 23.7. The lowest BCUT2D eigenvalue weighted by molar-refractivity contribution is -0.116. The van der Waals surface area contributed by atoms with Gasteiger partial charge in [0.2, 0.25) is 5.91 Å². The summed E-state index contributed by atoms with van der Waals surface area (Å²) < 4.78 is 0. The van der Waals surface area contributed by atoms with Gasteiger partial charge >= 0.3 is 5.97 Å². The fraction of sp³-hybridized carbons (Fsp3) is 0.333. The van der Waals surface area contributed by atoms with Crippen molar-refractivity contribution in [3.8, 4) is 5.75 Å². The van der Waals surface area contributed by atoms with Crippen molar-refractivity contribution in [1.82, 2.24) is 5.32 Å². The molecule has 18 heavy (non-hydrogen) atoms. The molecule has 0 fully saturated rings. The number of amides is 1. The summed E-state index contributed by atoms with van der Waals surface area (Å²) in [5.74, 6) is -1.52. The Morgan fingerprint density at radius 3 is 2.67 bits per heavy atom. The van der Waals surface area contributed by atoms with Crippen LogP contribution in [0.3, 0.4) is 0 Å². The predicted molar refractivity (Wildman–Crippen MR) is 66.9 cm³/mol. The predicted octanol–water partition coefficient (Wildman–Crippen LogP) is 1.03. The second kappa shape index (κ2) is 6.61. The molecule has 1 rings (SSSR count). The Morgan fingerprint density at radius 1 is 1.33 bits per heavy atom. The molecule has 0 aromatic heterocycles. The van der Waals surface area contributed by atoms with Crippen LogP contribution >= 0.6 is 0 Å². The lowest BCUT2D eigenvalue weighted by Crippen LogP contribution is -2.15. The summed E-state index contributed by atoms with van der Waals surface area (Å²) in [5.41, 5.74) is 0.127. The second-order valence-electron chi connectivity index (χ2n) is 3.79. The van der Waals surface area contributed by atoms with Crippen molar-refractivity contribution in [2.75, 3.05) is 18.9 Å². The second-order valence-corrected chi connectivity index (χ2v) is 3.79. The van der Waals surface area contributed by atoms with Crippen molar-refractivity contribution >= 4 is 17.6 Å². The van der Waals surface area contributed by atoms with E-state index in [-0.39, 0.29) is 22.9 Å². The van der Waals surface area contributed by atoms with Crippen LogP contribution < -0.4 is 10.6 Å². The molecule has 6 heteroatoms. The maximum absolute atomic E-state index is 11.5. The molecule has 0 aliphatic carbocycles. The van der Waals surface area contributed by atoms with Crippen LogP contribution in [0.25, 0.3) is 0 Å². The van der Waals surface area contributed by atoms with Gasteiger partial charge in [-0.25, -0.2) is 4.79 Å². The number of hydrogen-bond acceptors (Lipinski definition) is 4. The van der Waals surface area contributed by atoms with Crippen LogP contribution in [0.2, 0.25) is 0 Å². The Balaban J connectivity index is 2.68. The summed E-state index contributed by atoms with van der Waals surface area (Å²) >= 11 is 0. The Bertz CT molecular complexity index is 446. The SMILES string of the molecule is CNCCCC(=O)Nc1cc(C(=O)O)ccc1O. The van der Waals surface area contributed by atoms with Crippen LogP contribution in [0.1, 0.15) is 23.2 Å². The zero-order valence-corrected chi connectivity index (χ0v) is 10.1. The number of carboxylic acids is 1. The zero-order valence-electron chi connectivity index (χ0n) is 10.1. The smallest absolute Gasteiger partial charge is 0.335 e. The van der Waals surface area contributed by atoms with Crippen molar-refractivity contribution in [1.29, 1.82) is 0 Å². The quantitative estimate of drug-likeness (QED) is 0.447. The number of aromatic hydroxyl groups is 1. The number of carboxylic acid groups (broad SMARTS) is 1. The lowest BCUT2D eigenvalue weighted by Gasteiger charge is -2.08. The Labute approximate surface area is 105 Å². The van der Waals surface area contributed by atoms with Gasteiger partial charge in [-0.3, -0.25) is 4.79 Å². The molecule has 0 radical (unpaired) electrons. The maximum Gasteiger partial charge on any atom is 0.335 e. The summed E-state index contributed by atoms with van der Waals surface area (Å²) in [6, 6.07) is 3.74. The van der Waals surface area contributed by atoms with Crippen molar-refractivity contribution < 1.29 is 19.8 Å². The van der Waals surface area contributed by atoms with E-state index in [1.54, 1.807) is 7.05 Å². The Kier molecular flexibility index (Phi) is 5.13. The number of phenolic OH excluding ortho intramolecular Hbond substituents is 1. The fourth-order valence-corrected chi connectivity index (χ4v) is 1.41. The summed E-state index contributed by atoms with van der Waals surface area (Å²) in [7, 11) is 1.79. The first-order valence-electron chi connectivity index (χ1n) is 5.55. The van der Waals surface area contributed by atoms with E-state index in [1.165, 1.54) is 18.2 Å². The molecular formula is C12H16N2O4. The maximum atomic E-state index is 11.5. The van der Waals surface area contributed by atoms with Gasteiger partial charge in [0.1, 0.15) is 5.75 Å². The van der Waals surface area contributed by atoms with Gasteiger partial charge in [0.05, 0.1) is 11.3 Å². The molecule has 98 valence electrons. The van der Waals surface area contributed by atoms with Gasteiger partial charge in [-0.1, -0.05) is 0 Å². The van der Waals surface area contributed by atoms with Gasteiger partial charge in [0.15, 0.2) is 0 Å². The van der Waals surface area contributed by atoms with Crippen molar-refractivity contribution in [2.24, 2.45) is 0 Å². The van der Waals surface area contributed by atoms with E-state index in [1.807, 2.05) is 0 Å². The highest BCUT2D eigenvalue weighted by molar-refractivity contribution is 5.95. The standard InChI is InChI=1S/C12H16N2O4/c1-13-6-2-3-11(16)14-9-7-8(12(17)18)4-5-10(9)15/h4-5,7,13,15H,2-3,6H2,1H3,(H,14,16)(H,17,18). The first-order chi connectivity index (χ1) is 8.54. The minimum Gasteiger partial charge on any atom is -0.506 e. The third-order valence-electron chi connectivity index (χ3n) is 2.35. The van der Waals surface area contributed by atoms with Gasteiger partial charge in [-0.05, 0) is 38.2 Å². The molecule has 0 aliphatic rings. The topological polar surface area (TPSA) is 98.7 Å². The number of aromatic carboxylic acids is 1. The van der Waals surface area contributed by atoms with E-state index < -0.39 is 5.97 Å². The van der Waals surface area contributed by atoms with E-state index in [2.05, 4.69) is 10.6 Å². The molecular weight excluding hydrogens is 236 g/mol. The van der Waals surface area contributed by atoms with Gasteiger partial charge < -0.3 is 20.8 Å². The number of anilines is 1. The highest BCUT2D eigenvalue weighted by atomic mass is 16.4. The molecule has 1 aromatic rings. The summed E-state index contributed by atoms with van der Waals surface area (Å²) in [6.07, 6.45) is 0.972. The number of rotatable bonds is 6. The van der Waals surface area contributed by atoms with Crippen LogP contribution in [0.5, 0.6) is 5.75 Å². The number of nitrogens with one attached hydrogen (secondary N) is 2. The van der Waals surface area contributed by atoms with Crippen LogP contribution in [-0.4, -0.2) is 35.7 Å². The molecule has 1 amide bonds. The third kappa shape index (κ3) is 4.06. The number of hydrogen-bond donors (Lipinski definition) is 4. The van der Waals surface area contributed by atoms with E-state index in [4.69, 9.17) is 5.11 Å². The average molecular weight is 252 g/mol. The highest BCUT2D eigenvalue weighted by Gasteiger charge is 2.10. The van der Waals surface area contributed by atoms with Gasteiger partial charge in [-0.15, -0.1) is 0 Å². The van der Waals surface area contributed by atoms with Gasteiger partial charge in [0, 0.05) is 6.42 Å².